The molecule has 2 aliphatic heterocycles. The number of hydrogen-bond acceptors (Lipinski definition) is 4. The van der Waals surface area contributed by atoms with Crippen LogP contribution in [0, 0.1) is 13.8 Å². The maximum atomic E-state index is 11.6. The van der Waals surface area contributed by atoms with E-state index in [9.17, 15) is 4.79 Å². The Morgan fingerprint density at radius 3 is 1.67 bits per heavy atom. The molecular formula is C36H53ClN4O. The highest BCUT2D eigenvalue weighted by molar-refractivity contribution is 5.85. The van der Waals surface area contributed by atoms with Crippen LogP contribution in [0.3, 0.4) is 0 Å². The van der Waals surface area contributed by atoms with Crippen LogP contribution in [0.2, 0.25) is 0 Å². The van der Waals surface area contributed by atoms with Gasteiger partial charge in [-0.3, -0.25) is 4.79 Å². The molecule has 0 spiro atoms. The van der Waals surface area contributed by atoms with Gasteiger partial charge in [0.15, 0.2) is 0 Å². The quantitative estimate of drug-likeness (QED) is 0.260. The number of benzene rings is 3. The van der Waals surface area contributed by atoms with Gasteiger partial charge in [0, 0.05) is 56.1 Å². The summed E-state index contributed by atoms with van der Waals surface area (Å²) in [6.45, 7) is 17.9. The molecule has 5 nitrogen and oxygen atoms in total. The van der Waals surface area contributed by atoms with E-state index in [2.05, 4.69) is 121 Å². The first kappa shape index (κ1) is 35.2. The van der Waals surface area contributed by atoms with Gasteiger partial charge in [0.1, 0.15) is 0 Å². The van der Waals surface area contributed by atoms with Gasteiger partial charge < -0.3 is 20.4 Å². The van der Waals surface area contributed by atoms with Gasteiger partial charge in [-0.1, -0.05) is 85.6 Å². The molecule has 2 heterocycles. The molecular weight excluding hydrogens is 540 g/mol. The number of aryl methyl sites for hydroxylation is 2. The maximum absolute atomic E-state index is 11.6. The van der Waals surface area contributed by atoms with E-state index in [4.69, 9.17) is 0 Å². The first-order valence-electron chi connectivity index (χ1n) is 15.4. The average molecular weight is 593 g/mol. The topological polar surface area (TPSA) is 47.6 Å². The van der Waals surface area contributed by atoms with Crippen molar-refractivity contribution < 1.29 is 4.79 Å². The Balaban J connectivity index is 0.000000231. The van der Waals surface area contributed by atoms with Crippen LogP contribution in [-0.4, -0.2) is 50.7 Å². The Morgan fingerprint density at radius 1 is 0.714 bits per heavy atom. The van der Waals surface area contributed by atoms with E-state index in [-0.39, 0.29) is 24.4 Å². The Kier molecular flexibility index (Phi) is 15.5. The second-order valence-corrected chi connectivity index (χ2v) is 11.8. The first-order valence-corrected chi connectivity index (χ1v) is 15.4. The van der Waals surface area contributed by atoms with Crippen LogP contribution >= 0.6 is 12.4 Å². The van der Waals surface area contributed by atoms with Crippen molar-refractivity contribution in [3.05, 3.63) is 95.1 Å². The maximum Gasteiger partial charge on any atom is 0.221 e. The molecule has 3 aromatic carbocycles. The second-order valence-electron chi connectivity index (χ2n) is 11.8. The minimum absolute atomic E-state index is 0. The highest BCUT2D eigenvalue weighted by atomic mass is 35.5. The number of nitrogens with zero attached hydrogens (tertiary/aromatic N) is 2. The van der Waals surface area contributed by atoms with Crippen LogP contribution < -0.4 is 20.4 Å². The molecule has 3 aromatic rings. The molecule has 2 aliphatic rings. The molecule has 0 saturated carbocycles. The van der Waals surface area contributed by atoms with Crippen molar-refractivity contribution in [2.45, 2.75) is 79.3 Å². The van der Waals surface area contributed by atoms with Crippen molar-refractivity contribution in [3.63, 3.8) is 0 Å². The Bertz CT molecular complexity index is 1170. The van der Waals surface area contributed by atoms with E-state index in [1.807, 2.05) is 13.8 Å². The molecule has 0 bridgehead atoms. The number of anilines is 2. The van der Waals surface area contributed by atoms with E-state index >= 15 is 0 Å². The number of para-hydroxylation sites is 2. The summed E-state index contributed by atoms with van der Waals surface area (Å²) in [6, 6.07) is 26.5. The molecule has 0 saturated heterocycles. The highest BCUT2D eigenvalue weighted by Gasteiger charge is 2.19. The number of rotatable bonds is 9. The molecule has 0 aromatic heterocycles. The smallest absolute Gasteiger partial charge is 0.221 e. The molecule has 230 valence electrons. The third kappa shape index (κ3) is 12.1. The lowest BCUT2D eigenvalue weighted by atomic mass is 10.2. The van der Waals surface area contributed by atoms with Crippen LogP contribution in [-0.2, 0) is 17.6 Å². The second kappa shape index (κ2) is 18.5. The zero-order valence-corrected chi connectivity index (χ0v) is 27.5. The molecule has 0 aliphatic carbocycles. The zero-order chi connectivity index (χ0) is 29.6. The van der Waals surface area contributed by atoms with Gasteiger partial charge in [0.2, 0.25) is 5.91 Å². The molecule has 6 heteroatoms. The summed E-state index contributed by atoms with van der Waals surface area (Å²) in [6.07, 6.45) is 4.12. The van der Waals surface area contributed by atoms with E-state index in [1.165, 1.54) is 59.6 Å². The summed E-state index contributed by atoms with van der Waals surface area (Å²) >= 11 is 0. The van der Waals surface area contributed by atoms with Crippen LogP contribution in [0.25, 0.3) is 0 Å². The molecule has 42 heavy (non-hydrogen) atoms. The number of amides is 1. The summed E-state index contributed by atoms with van der Waals surface area (Å²) in [5.74, 6) is 0.143. The number of halogens is 1. The lowest BCUT2D eigenvalue weighted by Crippen LogP contribution is -2.33. The van der Waals surface area contributed by atoms with Crippen LogP contribution in [0.1, 0.15) is 62.8 Å². The predicted molar refractivity (Wildman–Crippen MR) is 184 cm³/mol. The number of fused-ring (bicyclic) bond motifs is 2. The first-order chi connectivity index (χ1) is 19.7. The fourth-order valence-electron chi connectivity index (χ4n) is 5.21. The summed E-state index contributed by atoms with van der Waals surface area (Å²) in [4.78, 5) is 16.4. The minimum Gasteiger partial charge on any atom is -0.371 e. The van der Waals surface area contributed by atoms with Crippen molar-refractivity contribution in [1.82, 2.24) is 10.6 Å². The summed E-state index contributed by atoms with van der Waals surface area (Å²) < 4.78 is 0. The van der Waals surface area contributed by atoms with Crippen molar-refractivity contribution in [2.75, 3.05) is 42.5 Å². The van der Waals surface area contributed by atoms with Gasteiger partial charge >= 0.3 is 0 Å². The van der Waals surface area contributed by atoms with Gasteiger partial charge in [-0.25, -0.2) is 0 Å². The van der Waals surface area contributed by atoms with E-state index in [0.717, 1.165) is 26.1 Å². The van der Waals surface area contributed by atoms with Crippen molar-refractivity contribution >= 4 is 29.7 Å². The SMILES string of the molecule is CC(C)NC(=O)CCN1CCc2ccccc21.CC(C)NCCCN1CCc2ccccc21.Cc1ccc(C)cc1.Cl. The van der Waals surface area contributed by atoms with Gasteiger partial charge in [0.25, 0.3) is 0 Å². The van der Waals surface area contributed by atoms with Crippen LogP contribution in [0.5, 0.6) is 0 Å². The van der Waals surface area contributed by atoms with Crippen LogP contribution in [0.15, 0.2) is 72.8 Å². The van der Waals surface area contributed by atoms with Crippen molar-refractivity contribution in [1.29, 1.82) is 0 Å². The number of nitrogens with one attached hydrogen (secondary N) is 2. The molecule has 0 unspecified atom stereocenters. The molecule has 5 rings (SSSR count). The van der Waals surface area contributed by atoms with E-state index < -0.39 is 0 Å². The van der Waals surface area contributed by atoms with E-state index in [1.54, 1.807) is 0 Å². The van der Waals surface area contributed by atoms with Crippen LogP contribution in [0.4, 0.5) is 11.4 Å². The summed E-state index contributed by atoms with van der Waals surface area (Å²) in [5.41, 5.74) is 8.32. The summed E-state index contributed by atoms with van der Waals surface area (Å²) in [5, 5.41) is 6.39. The summed E-state index contributed by atoms with van der Waals surface area (Å²) in [7, 11) is 0. The molecule has 1 amide bonds. The highest BCUT2D eigenvalue weighted by Crippen LogP contribution is 2.28. The lowest BCUT2D eigenvalue weighted by molar-refractivity contribution is -0.121. The lowest BCUT2D eigenvalue weighted by Gasteiger charge is -2.19. The van der Waals surface area contributed by atoms with Crippen molar-refractivity contribution in [3.8, 4) is 0 Å². The normalized spacial score (nSPS) is 13.0. The third-order valence-corrected chi connectivity index (χ3v) is 7.40. The average Bonchev–Trinajstić information content (AvgIpc) is 3.56. The standard InChI is InChI=1S/C14H20N2O.C14H22N2.C8H10.ClH/c1-11(2)15-14(17)8-10-16-9-7-12-5-3-4-6-13(12)16;1-12(2)15-9-5-10-16-11-8-13-6-3-4-7-14(13)16;1-7-3-5-8(2)6-4-7;/h3-6,11H,7-10H2,1-2H3,(H,15,17);3-4,6-7,12,15H,5,8-11H2,1-2H3;3-6H,1-2H3;1H. The largest absolute Gasteiger partial charge is 0.371 e. The van der Waals surface area contributed by atoms with Gasteiger partial charge in [-0.2, -0.15) is 0 Å². The molecule has 0 atom stereocenters. The predicted octanol–water partition coefficient (Wildman–Crippen LogP) is 7.13. The Morgan fingerprint density at radius 2 is 1.19 bits per heavy atom. The van der Waals surface area contributed by atoms with Gasteiger partial charge in [0.05, 0.1) is 0 Å². The Hall–Kier alpha value is -3.02. The Labute approximate surface area is 261 Å². The zero-order valence-electron chi connectivity index (χ0n) is 26.7. The van der Waals surface area contributed by atoms with Gasteiger partial charge in [-0.15, -0.1) is 12.4 Å². The fraction of sp³-hybridized carbons (Fsp3) is 0.472. The minimum atomic E-state index is 0. The molecule has 2 N–H and O–H groups in total. The van der Waals surface area contributed by atoms with Crippen molar-refractivity contribution in [2.24, 2.45) is 0 Å². The molecule has 0 fully saturated rings. The van der Waals surface area contributed by atoms with E-state index in [0.29, 0.717) is 12.5 Å². The number of carbonyl (C=O) groups is 1. The third-order valence-electron chi connectivity index (χ3n) is 7.40. The fourth-order valence-corrected chi connectivity index (χ4v) is 5.21. The monoisotopic (exact) mass is 592 g/mol. The van der Waals surface area contributed by atoms with Gasteiger partial charge in [-0.05, 0) is 76.8 Å². The molecule has 0 radical (unpaired) electrons. The number of carbonyl (C=O) groups excluding carboxylic acids is 1. The number of hydrogen-bond donors (Lipinski definition) is 2.